The Morgan fingerprint density at radius 3 is 2.69 bits per heavy atom. The lowest BCUT2D eigenvalue weighted by molar-refractivity contribution is 0.359. The minimum atomic E-state index is 0.419. The van der Waals surface area contributed by atoms with Gasteiger partial charge in [0, 0.05) is 31.4 Å². The normalized spacial score (nSPS) is 20.1. The van der Waals surface area contributed by atoms with E-state index < -0.39 is 0 Å². The molecule has 0 aliphatic carbocycles. The van der Waals surface area contributed by atoms with Crippen molar-refractivity contribution in [1.29, 1.82) is 0 Å². The fourth-order valence-corrected chi connectivity index (χ4v) is 3.61. The zero-order valence-corrected chi connectivity index (χ0v) is 16.1. The highest BCUT2D eigenvalue weighted by atomic mass is 15.3. The van der Waals surface area contributed by atoms with Crippen LogP contribution < -0.4 is 10.6 Å². The van der Waals surface area contributed by atoms with Crippen LogP contribution in [-0.4, -0.2) is 43.5 Å². The van der Waals surface area contributed by atoms with Gasteiger partial charge in [-0.15, -0.1) is 0 Å². The molecule has 7 nitrogen and oxygen atoms in total. The topological polar surface area (TPSA) is 77.3 Å². The molecule has 1 fully saturated rings. The Morgan fingerprint density at radius 1 is 1.23 bits per heavy atom. The van der Waals surface area contributed by atoms with Gasteiger partial charge in [0.25, 0.3) is 0 Å². The van der Waals surface area contributed by atoms with Crippen molar-refractivity contribution >= 4 is 11.3 Å². The molecule has 0 aromatic carbocycles. The number of aryl methyl sites for hydroxylation is 1. The lowest BCUT2D eigenvalue weighted by atomic mass is 9.92. The second-order valence-electron chi connectivity index (χ2n) is 6.68. The average molecular weight is 355 g/mol. The molecule has 7 heteroatoms. The van der Waals surface area contributed by atoms with Gasteiger partial charge in [-0.2, -0.15) is 10.2 Å². The molecule has 0 saturated carbocycles. The third-order valence-electron chi connectivity index (χ3n) is 4.96. The summed E-state index contributed by atoms with van der Waals surface area (Å²) in [7, 11) is 1.91. The summed E-state index contributed by atoms with van der Waals surface area (Å²) >= 11 is 0. The molecular weight excluding hydrogens is 326 g/mol. The van der Waals surface area contributed by atoms with Gasteiger partial charge < -0.3 is 10.6 Å². The maximum Gasteiger partial charge on any atom is 0.155 e. The second kappa shape index (κ2) is 7.86. The monoisotopic (exact) mass is 355 g/mol. The minimum absolute atomic E-state index is 0.419. The second-order valence-corrected chi connectivity index (χ2v) is 6.68. The van der Waals surface area contributed by atoms with Crippen LogP contribution in [0.4, 0.5) is 5.82 Å². The first kappa shape index (κ1) is 18.4. The molecule has 3 aromatic rings. The van der Waals surface area contributed by atoms with E-state index in [4.69, 9.17) is 10.7 Å². The summed E-state index contributed by atoms with van der Waals surface area (Å²) < 4.78 is 3.70. The van der Waals surface area contributed by atoms with Crippen LogP contribution in [0.1, 0.15) is 33.6 Å². The number of hydrogen-bond donors (Lipinski definition) is 1. The molecule has 3 aromatic heterocycles. The Bertz CT molecular complexity index is 851. The van der Waals surface area contributed by atoms with Crippen molar-refractivity contribution in [3.8, 4) is 11.3 Å². The number of piperidine rings is 1. The van der Waals surface area contributed by atoms with Crippen LogP contribution in [0.2, 0.25) is 0 Å². The highest BCUT2D eigenvalue weighted by Crippen LogP contribution is 2.31. The number of aromatic nitrogens is 5. The molecule has 2 atom stereocenters. The van der Waals surface area contributed by atoms with Crippen LogP contribution >= 0.6 is 0 Å². The van der Waals surface area contributed by atoms with Gasteiger partial charge in [0.2, 0.25) is 0 Å². The SMILES string of the molecule is CC.CC1CC(CN)CCN1c1nc(-c2cnn(C)c2)cn2nccc12. The maximum atomic E-state index is 5.87. The van der Waals surface area contributed by atoms with Gasteiger partial charge in [0.15, 0.2) is 5.82 Å². The predicted molar refractivity (Wildman–Crippen MR) is 105 cm³/mol. The minimum Gasteiger partial charge on any atom is -0.352 e. The van der Waals surface area contributed by atoms with Crippen molar-refractivity contribution in [3.05, 3.63) is 30.9 Å². The molecule has 1 aliphatic heterocycles. The fraction of sp³-hybridized carbons (Fsp3) is 0.526. The van der Waals surface area contributed by atoms with Crippen LogP contribution in [0.3, 0.4) is 0 Å². The first-order valence-electron chi connectivity index (χ1n) is 9.46. The van der Waals surface area contributed by atoms with Crippen molar-refractivity contribution in [3.63, 3.8) is 0 Å². The molecule has 26 heavy (non-hydrogen) atoms. The summed E-state index contributed by atoms with van der Waals surface area (Å²) in [6.07, 6.45) is 9.82. The van der Waals surface area contributed by atoms with Crippen molar-refractivity contribution in [2.45, 2.75) is 39.7 Å². The largest absolute Gasteiger partial charge is 0.352 e. The van der Waals surface area contributed by atoms with E-state index in [0.717, 1.165) is 48.5 Å². The molecule has 0 spiro atoms. The Balaban J connectivity index is 0.000000948. The molecule has 0 radical (unpaired) electrons. The number of nitrogens with zero attached hydrogens (tertiary/aromatic N) is 6. The van der Waals surface area contributed by atoms with Crippen molar-refractivity contribution in [1.82, 2.24) is 24.4 Å². The van der Waals surface area contributed by atoms with Crippen LogP contribution in [0.5, 0.6) is 0 Å². The Labute approximate surface area is 154 Å². The lowest BCUT2D eigenvalue weighted by Gasteiger charge is -2.38. The number of nitrogens with two attached hydrogens (primary N) is 1. The zero-order chi connectivity index (χ0) is 18.7. The van der Waals surface area contributed by atoms with Gasteiger partial charge in [0.05, 0.1) is 24.3 Å². The van der Waals surface area contributed by atoms with E-state index in [9.17, 15) is 0 Å². The summed E-state index contributed by atoms with van der Waals surface area (Å²) in [5.74, 6) is 1.61. The Kier molecular flexibility index (Phi) is 5.56. The van der Waals surface area contributed by atoms with E-state index >= 15 is 0 Å². The van der Waals surface area contributed by atoms with Crippen LogP contribution in [0.15, 0.2) is 30.9 Å². The van der Waals surface area contributed by atoms with Gasteiger partial charge in [-0.25, -0.2) is 9.50 Å². The standard InChI is InChI=1S/C17H23N7.C2H6/c1-12-7-13(8-18)4-6-23(12)17-16-3-5-19-24(16)11-15(21-17)14-9-20-22(2)10-14;1-2/h3,5,9-13H,4,6-8,18H2,1-2H3;1-2H3. The van der Waals surface area contributed by atoms with Gasteiger partial charge in [0.1, 0.15) is 5.52 Å². The van der Waals surface area contributed by atoms with Crippen molar-refractivity contribution in [2.75, 3.05) is 18.0 Å². The van der Waals surface area contributed by atoms with Crippen molar-refractivity contribution < 1.29 is 0 Å². The van der Waals surface area contributed by atoms with Crippen molar-refractivity contribution in [2.24, 2.45) is 18.7 Å². The lowest BCUT2D eigenvalue weighted by Crippen LogP contribution is -2.43. The predicted octanol–water partition coefficient (Wildman–Crippen LogP) is 2.72. The molecule has 1 aliphatic rings. The summed E-state index contributed by atoms with van der Waals surface area (Å²) in [4.78, 5) is 7.35. The first-order valence-corrected chi connectivity index (χ1v) is 9.46. The molecule has 0 bridgehead atoms. The summed E-state index contributed by atoms with van der Waals surface area (Å²) in [5.41, 5.74) is 8.80. The molecule has 0 amide bonds. The molecular formula is C19H29N7. The summed E-state index contributed by atoms with van der Waals surface area (Å²) in [5, 5.41) is 8.68. The third-order valence-corrected chi connectivity index (χ3v) is 4.96. The van der Waals surface area contributed by atoms with Gasteiger partial charge in [-0.1, -0.05) is 13.8 Å². The van der Waals surface area contributed by atoms with E-state index in [1.807, 2.05) is 56.3 Å². The summed E-state index contributed by atoms with van der Waals surface area (Å²) in [6.45, 7) is 8.00. The maximum absolute atomic E-state index is 5.87. The van der Waals surface area contributed by atoms with Gasteiger partial charge in [-0.05, 0) is 38.3 Å². The Morgan fingerprint density at radius 2 is 2.04 bits per heavy atom. The smallest absolute Gasteiger partial charge is 0.155 e. The van der Waals surface area contributed by atoms with E-state index in [-0.39, 0.29) is 0 Å². The zero-order valence-electron chi connectivity index (χ0n) is 16.1. The number of anilines is 1. The van der Waals surface area contributed by atoms with Crippen LogP contribution in [-0.2, 0) is 7.05 Å². The molecule has 4 rings (SSSR count). The van der Waals surface area contributed by atoms with Crippen LogP contribution in [0, 0.1) is 5.92 Å². The van der Waals surface area contributed by atoms with Gasteiger partial charge >= 0.3 is 0 Å². The molecule has 4 heterocycles. The molecule has 1 saturated heterocycles. The average Bonchev–Trinajstić information content (AvgIpc) is 3.31. The van der Waals surface area contributed by atoms with E-state index in [2.05, 4.69) is 22.0 Å². The van der Waals surface area contributed by atoms with E-state index in [1.54, 1.807) is 4.68 Å². The first-order chi connectivity index (χ1) is 12.7. The van der Waals surface area contributed by atoms with E-state index in [0.29, 0.717) is 12.0 Å². The fourth-order valence-electron chi connectivity index (χ4n) is 3.61. The molecule has 140 valence electrons. The highest BCUT2D eigenvalue weighted by molar-refractivity contribution is 5.73. The van der Waals surface area contributed by atoms with Gasteiger partial charge in [-0.3, -0.25) is 4.68 Å². The third kappa shape index (κ3) is 3.44. The number of fused-ring (bicyclic) bond motifs is 1. The Hall–Kier alpha value is -2.41. The number of hydrogen-bond acceptors (Lipinski definition) is 5. The molecule has 2 N–H and O–H groups in total. The quantitative estimate of drug-likeness (QED) is 0.782. The highest BCUT2D eigenvalue weighted by Gasteiger charge is 2.27. The molecule has 2 unspecified atom stereocenters. The summed E-state index contributed by atoms with van der Waals surface area (Å²) in [6, 6.07) is 2.44. The van der Waals surface area contributed by atoms with Crippen LogP contribution in [0.25, 0.3) is 16.8 Å². The van der Waals surface area contributed by atoms with E-state index in [1.165, 1.54) is 0 Å². The number of rotatable bonds is 3.